The minimum absolute atomic E-state index is 0.0853. The minimum Gasteiger partial charge on any atom is -0.336 e. The molecule has 1 aliphatic rings. The third-order valence-electron chi connectivity index (χ3n) is 4.41. The van der Waals surface area contributed by atoms with Crippen molar-refractivity contribution in [3.8, 4) is 0 Å². The quantitative estimate of drug-likeness (QED) is 0.731. The summed E-state index contributed by atoms with van der Waals surface area (Å²) >= 11 is 0. The highest BCUT2D eigenvalue weighted by atomic mass is 16.2. The Morgan fingerprint density at radius 2 is 2.22 bits per heavy atom. The van der Waals surface area contributed by atoms with E-state index in [0.29, 0.717) is 6.54 Å². The number of pyridine rings is 1. The zero-order chi connectivity index (χ0) is 15.8. The number of carbonyl (C=O) groups excluding carboxylic acids is 1. The molecule has 116 valence electrons. The molecule has 5 heteroatoms. The second-order valence-electron chi connectivity index (χ2n) is 6.10. The van der Waals surface area contributed by atoms with Crippen molar-refractivity contribution in [1.29, 1.82) is 0 Å². The van der Waals surface area contributed by atoms with Crippen LogP contribution in [0, 0.1) is 6.92 Å². The van der Waals surface area contributed by atoms with Crippen LogP contribution in [0.15, 0.2) is 48.9 Å². The van der Waals surface area contributed by atoms with E-state index in [9.17, 15) is 4.79 Å². The van der Waals surface area contributed by atoms with Crippen LogP contribution >= 0.6 is 0 Å². The molecule has 2 aromatic heterocycles. The first kappa shape index (κ1) is 13.9. The number of carbonyl (C=O) groups is 1. The molecule has 0 N–H and O–H groups in total. The average Bonchev–Trinajstić information content (AvgIpc) is 3.22. The zero-order valence-electron chi connectivity index (χ0n) is 13.0. The van der Waals surface area contributed by atoms with Crippen LogP contribution in [0.2, 0.25) is 0 Å². The van der Waals surface area contributed by atoms with Crippen molar-refractivity contribution in [1.82, 2.24) is 19.7 Å². The second kappa shape index (κ2) is 5.50. The molecule has 1 aliphatic heterocycles. The van der Waals surface area contributed by atoms with Crippen LogP contribution in [0.1, 0.15) is 28.4 Å². The Hall–Kier alpha value is -2.69. The summed E-state index contributed by atoms with van der Waals surface area (Å²) < 4.78 is 1.98. The summed E-state index contributed by atoms with van der Waals surface area (Å²) in [6, 6.07) is 9.85. The fourth-order valence-corrected chi connectivity index (χ4v) is 3.17. The summed E-state index contributed by atoms with van der Waals surface area (Å²) in [5.41, 5.74) is 2.79. The fraction of sp³-hybridized carbons (Fsp3) is 0.278. The molecule has 3 aromatic rings. The Bertz CT molecular complexity index is 870. The lowest BCUT2D eigenvalue weighted by Gasteiger charge is -2.17. The number of likely N-dealkylation sites (tertiary alicyclic amines) is 1. The number of hydrogen-bond donors (Lipinski definition) is 0. The van der Waals surface area contributed by atoms with Gasteiger partial charge in [0.2, 0.25) is 0 Å². The van der Waals surface area contributed by atoms with Gasteiger partial charge in [-0.25, -0.2) is 0 Å². The fourth-order valence-electron chi connectivity index (χ4n) is 3.17. The lowest BCUT2D eigenvalue weighted by Crippen LogP contribution is -2.29. The largest absolute Gasteiger partial charge is 0.336 e. The first-order valence-corrected chi connectivity index (χ1v) is 7.85. The standard InChI is InChI=1S/C18H18N4O/c1-13-10-20-22(11-13)16-6-8-21(12-16)18(23)15-4-5-17-14(9-15)3-2-7-19-17/h2-5,7,9-11,16H,6,8,12H2,1H3. The number of aryl methyl sites for hydroxylation is 1. The Labute approximate surface area is 134 Å². The molecule has 4 rings (SSSR count). The van der Waals surface area contributed by atoms with Crippen LogP contribution < -0.4 is 0 Å². The maximum absolute atomic E-state index is 12.7. The molecule has 1 amide bonds. The van der Waals surface area contributed by atoms with Gasteiger partial charge in [0.1, 0.15) is 0 Å². The molecule has 3 heterocycles. The molecule has 0 spiro atoms. The first-order valence-electron chi connectivity index (χ1n) is 7.85. The van der Waals surface area contributed by atoms with Gasteiger partial charge in [-0.2, -0.15) is 5.10 Å². The molecule has 23 heavy (non-hydrogen) atoms. The predicted octanol–water partition coefficient (Wildman–Crippen LogP) is 2.83. The molecule has 0 saturated carbocycles. The van der Waals surface area contributed by atoms with Gasteiger partial charge in [-0.15, -0.1) is 0 Å². The topological polar surface area (TPSA) is 51.0 Å². The highest BCUT2D eigenvalue weighted by Gasteiger charge is 2.28. The van der Waals surface area contributed by atoms with Crippen molar-refractivity contribution < 1.29 is 4.79 Å². The Morgan fingerprint density at radius 3 is 3.04 bits per heavy atom. The third kappa shape index (κ3) is 2.59. The van der Waals surface area contributed by atoms with Crippen LogP contribution in [0.5, 0.6) is 0 Å². The zero-order valence-corrected chi connectivity index (χ0v) is 13.0. The Kier molecular flexibility index (Phi) is 3.33. The molecule has 0 aliphatic carbocycles. The molecule has 1 fully saturated rings. The van der Waals surface area contributed by atoms with Crippen LogP contribution in [-0.4, -0.2) is 38.7 Å². The molecule has 1 unspecified atom stereocenters. The van der Waals surface area contributed by atoms with Crippen LogP contribution in [0.25, 0.3) is 10.9 Å². The summed E-state index contributed by atoms with van der Waals surface area (Å²) in [6.07, 6.45) is 6.62. The van der Waals surface area contributed by atoms with Crippen LogP contribution in [0.4, 0.5) is 0 Å². The van der Waals surface area contributed by atoms with E-state index in [1.807, 2.05) is 59.2 Å². The van der Waals surface area contributed by atoms with Crippen molar-refractivity contribution in [2.75, 3.05) is 13.1 Å². The van der Waals surface area contributed by atoms with Gasteiger partial charge < -0.3 is 4.90 Å². The van der Waals surface area contributed by atoms with E-state index in [2.05, 4.69) is 10.1 Å². The van der Waals surface area contributed by atoms with Crippen LogP contribution in [-0.2, 0) is 0 Å². The number of rotatable bonds is 2. The predicted molar refractivity (Wildman–Crippen MR) is 88.3 cm³/mol. The van der Waals surface area contributed by atoms with Gasteiger partial charge in [-0.3, -0.25) is 14.5 Å². The molecule has 0 bridgehead atoms. The minimum atomic E-state index is 0.0853. The Balaban J connectivity index is 1.54. The van der Waals surface area contributed by atoms with Crippen molar-refractivity contribution in [2.24, 2.45) is 0 Å². The van der Waals surface area contributed by atoms with Gasteiger partial charge in [0.15, 0.2) is 0 Å². The van der Waals surface area contributed by atoms with Gasteiger partial charge in [0, 0.05) is 36.4 Å². The molecule has 1 aromatic carbocycles. The second-order valence-corrected chi connectivity index (χ2v) is 6.10. The summed E-state index contributed by atoms with van der Waals surface area (Å²) in [7, 11) is 0. The van der Waals surface area contributed by atoms with E-state index in [-0.39, 0.29) is 11.9 Å². The van der Waals surface area contributed by atoms with E-state index in [4.69, 9.17) is 0 Å². The van der Waals surface area contributed by atoms with E-state index in [0.717, 1.165) is 35.0 Å². The van der Waals surface area contributed by atoms with Gasteiger partial charge >= 0.3 is 0 Å². The number of nitrogens with zero attached hydrogens (tertiary/aromatic N) is 4. The highest BCUT2D eigenvalue weighted by Crippen LogP contribution is 2.24. The number of benzene rings is 1. The summed E-state index contributed by atoms with van der Waals surface area (Å²) in [5, 5.41) is 5.37. The van der Waals surface area contributed by atoms with Crippen molar-refractivity contribution in [3.63, 3.8) is 0 Å². The lowest BCUT2D eigenvalue weighted by atomic mass is 10.1. The van der Waals surface area contributed by atoms with E-state index < -0.39 is 0 Å². The molecule has 5 nitrogen and oxygen atoms in total. The molecule has 1 saturated heterocycles. The Morgan fingerprint density at radius 1 is 1.30 bits per heavy atom. The van der Waals surface area contributed by atoms with Crippen molar-refractivity contribution >= 4 is 16.8 Å². The lowest BCUT2D eigenvalue weighted by molar-refractivity contribution is 0.0787. The molecular formula is C18H18N4O. The molecular weight excluding hydrogens is 288 g/mol. The van der Waals surface area contributed by atoms with Gasteiger partial charge in [-0.1, -0.05) is 6.07 Å². The van der Waals surface area contributed by atoms with Crippen molar-refractivity contribution in [3.05, 3.63) is 60.0 Å². The van der Waals surface area contributed by atoms with Gasteiger partial charge in [0.25, 0.3) is 5.91 Å². The van der Waals surface area contributed by atoms with E-state index >= 15 is 0 Å². The van der Waals surface area contributed by atoms with E-state index in [1.165, 1.54) is 0 Å². The number of amides is 1. The summed E-state index contributed by atoms with van der Waals surface area (Å²) in [4.78, 5) is 19.0. The van der Waals surface area contributed by atoms with Crippen LogP contribution in [0.3, 0.4) is 0 Å². The first-order chi connectivity index (χ1) is 11.2. The molecule has 0 radical (unpaired) electrons. The molecule has 1 atom stereocenters. The number of aromatic nitrogens is 3. The smallest absolute Gasteiger partial charge is 0.253 e. The summed E-state index contributed by atoms with van der Waals surface area (Å²) in [5.74, 6) is 0.0853. The van der Waals surface area contributed by atoms with Gasteiger partial charge in [-0.05, 0) is 43.2 Å². The SMILES string of the molecule is Cc1cnn(C2CCN(C(=O)c3ccc4ncccc4c3)C2)c1. The number of fused-ring (bicyclic) bond motifs is 1. The monoisotopic (exact) mass is 306 g/mol. The highest BCUT2D eigenvalue weighted by molar-refractivity contribution is 5.98. The maximum Gasteiger partial charge on any atom is 0.253 e. The summed E-state index contributed by atoms with van der Waals surface area (Å²) in [6.45, 7) is 3.52. The average molecular weight is 306 g/mol. The van der Waals surface area contributed by atoms with Crippen molar-refractivity contribution in [2.45, 2.75) is 19.4 Å². The normalized spacial score (nSPS) is 17.8. The third-order valence-corrected chi connectivity index (χ3v) is 4.41. The maximum atomic E-state index is 12.7. The van der Waals surface area contributed by atoms with Gasteiger partial charge in [0.05, 0.1) is 17.8 Å². The number of hydrogen-bond acceptors (Lipinski definition) is 3. The van der Waals surface area contributed by atoms with E-state index in [1.54, 1.807) is 6.20 Å².